The third-order valence-corrected chi connectivity index (χ3v) is 7.69. The van der Waals surface area contributed by atoms with E-state index in [1.165, 1.54) is 4.90 Å². The molecule has 0 radical (unpaired) electrons. The molecule has 10 heteroatoms. The van der Waals surface area contributed by atoms with Gasteiger partial charge in [-0.3, -0.25) is 14.4 Å². The van der Waals surface area contributed by atoms with Crippen LogP contribution in [0.15, 0.2) is 78.9 Å². The Balaban J connectivity index is 1.34. The van der Waals surface area contributed by atoms with Gasteiger partial charge in [-0.1, -0.05) is 60.7 Å². The zero-order valence-electron chi connectivity index (χ0n) is 25.2. The first-order valence-electron chi connectivity index (χ1n) is 14.9. The maximum absolute atomic E-state index is 13.7. The number of nitrogens with zero attached hydrogens (tertiary/aromatic N) is 2. The van der Waals surface area contributed by atoms with E-state index in [2.05, 4.69) is 10.6 Å². The third kappa shape index (κ3) is 9.15. The molecule has 10 nitrogen and oxygen atoms in total. The van der Waals surface area contributed by atoms with Crippen LogP contribution in [0.5, 0.6) is 0 Å². The van der Waals surface area contributed by atoms with Crippen molar-refractivity contribution in [1.82, 2.24) is 9.80 Å². The number of carbonyl (C=O) groups excluding carboxylic acids is 3. The number of nitrogens with one attached hydrogen (secondary N) is 2. The van der Waals surface area contributed by atoms with Crippen molar-refractivity contribution in [3.05, 3.63) is 95.6 Å². The fourth-order valence-corrected chi connectivity index (χ4v) is 5.33. The van der Waals surface area contributed by atoms with Crippen LogP contribution in [0, 0.1) is 6.92 Å². The molecule has 3 N–H and O–H groups in total. The SMILES string of the molecule is Cc1ccccc1NC(=O)Nc1ccc(CC(=O)N2CCC[C@H]2C(=O)N(CCOCc2ccccc2)C(C)CC(=O)O)cc1. The highest BCUT2D eigenvalue weighted by Gasteiger charge is 2.38. The largest absolute Gasteiger partial charge is 0.481 e. The monoisotopic (exact) mass is 600 g/mol. The van der Waals surface area contributed by atoms with Crippen LogP contribution >= 0.6 is 0 Å². The molecule has 44 heavy (non-hydrogen) atoms. The molecular weight excluding hydrogens is 560 g/mol. The van der Waals surface area contributed by atoms with Gasteiger partial charge in [-0.15, -0.1) is 0 Å². The molecule has 1 saturated heterocycles. The van der Waals surface area contributed by atoms with Gasteiger partial charge in [-0.25, -0.2) is 4.79 Å². The predicted molar refractivity (Wildman–Crippen MR) is 168 cm³/mol. The second-order valence-electron chi connectivity index (χ2n) is 11.0. The Morgan fingerprint density at radius 2 is 1.66 bits per heavy atom. The lowest BCUT2D eigenvalue weighted by Crippen LogP contribution is -2.52. The number of carboxylic acid groups (broad SMARTS) is 1. The molecule has 3 aromatic rings. The lowest BCUT2D eigenvalue weighted by atomic mass is 10.1. The molecule has 2 atom stereocenters. The Kier molecular flexibility index (Phi) is 11.5. The Morgan fingerprint density at radius 3 is 2.36 bits per heavy atom. The van der Waals surface area contributed by atoms with Crippen LogP contribution in [0.25, 0.3) is 0 Å². The van der Waals surface area contributed by atoms with Gasteiger partial charge in [0.1, 0.15) is 6.04 Å². The molecule has 1 aliphatic heterocycles. The summed E-state index contributed by atoms with van der Waals surface area (Å²) in [7, 11) is 0. The van der Waals surface area contributed by atoms with Crippen molar-refractivity contribution in [3.8, 4) is 0 Å². The summed E-state index contributed by atoms with van der Waals surface area (Å²) in [6.45, 7) is 4.94. The van der Waals surface area contributed by atoms with Crippen molar-refractivity contribution in [1.29, 1.82) is 0 Å². The van der Waals surface area contributed by atoms with E-state index < -0.39 is 18.1 Å². The van der Waals surface area contributed by atoms with Gasteiger partial charge in [-0.2, -0.15) is 0 Å². The molecule has 1 heterocycles. The van der Waals surface area contributed by atoms with Gasteiger partial charge in [0.15, 0.2) is 0 Å². The summed E-state index contributed by atoms with van der Waals surface area (Å²) in [5.74, 6) is -1.43. The normalized spacial score (nSPS) is 15.0. The van der Waals surface area contributed by atoms with Gasteiger partial charge < -0.3 is 30.3 Å². The molecule has 0 saturated carbocycles. The van der Waals surface area contributed by atoms with E-state index in [-0.39, 0.29) is 43.8 Å². The van der Waals surface area contributed by atoms with Crippen LogP contribution in [-0.2, 0) is 32.1 Å². The van der Waals surface area contributed by atoms with Crippen molar-refractivity contribution in [2.24, 2.45) is 0 Å². The van der Waals surface area contributed by atoms with Crippen molar-refractivity contribution in [3.63, 3.8) is 0 Å². The molecular formula is C34H40N4O6. The van der Waals surface area contributed by atoms with Gasteiger partial charge in [0.2, 0.25) is 11.8 Å². The topological polar surface area (TPSA) is 128 Å². The Labute approximate surface area is 258 Å². The number of hydrogen-bond donors (Lipinski definition) is 3. The highest BCUT2D eigenvalue weighted by molar-refractivity contribution is 6.00. The van der Waals surface area contributed by atoms with Crippen LogP contribution in [0.2, 0.25) is 0 Å². The number of rotatable bonds is 13. The zero-order valence-corrected chi connectivity index (χ0v) is 25.2. The summed E-state index contributed by atoms with van der Waals surface area (Å²) < 4.78 is 5.79. The first-order chi connectivity index (χ1) is 21.2. The number of urea groups is 1. The average molecular weight is 601 g/mol. The molecule has 1 fully saturated rings. The van der Waals surface area contributed by atoms with Crippen molar-refractivity contribution in [2.45, 2.75) is 58.2 Å². The maximum Gasteiger partial charge on any atom is 0.323 e. The minimum atomic E-state index is -0.995. The molecule has 4 rings (SSSR count). The van der Waals surface area contributed by atoms with E-state index in [1.807, 2.05) is 61.5 Å². The number of amides is 4. The van der Waals surface area contributed by atoms with Gasteiger partial charge in [0.25, 0.3) is 0 Å². The standard InChI is InChI=1S/C34H40N4O6/c1-24-9-6-7-12-29(24)36-34(43)35-28-16-14-26(15-17-28)22-31(39)38-18-8-13-30(38)33(42)37(25(2)21-32(40)41)19-20-44-23-27-10-4-3-5-11-27/h3-7,9-12,14-17,25,30H,8,13,18-23H2,1-2H3,(H,40,41)(H2,35,36,43)/t25?,30-/m0/s1. The fraction of sp³-hybridized carbons (Fsp3) is 0.353. The fourth-order valence-electron chi connectivity index (χ4n) is 5.33. The summed E-state index contributed by atoms with van der Waals surface area (Å²) in [5, 5.41) is 15.0. The smallest absolute Gasteiger partial charge is 0.323 e. The summed E-state index contributed by atoms with van der Waals surface area (Å²) in [6, 6.07) is 22.6. The lowest BCUT2D eigenvalue weighted by Gasteiger charge is -2.34. The van der Waals surface area contributed by atoms with Crippen LogP contribution in [0.3, 0.4) is 0 Å². The molecule has 1 unspecified atom stereocenters. The number of ether oxygens (including phenoxy) is 1. The van der Waals surface area contributed by atoms with E-state index in [1.54, 1.807) is 36.1 Å². The molecule has 3 aromatic carbocycles. The quantitative estimate of drug-likeness (QED) is 0.235. The first-order valence-corrected chi connectivity index (χ1v) is 14.9. The number of para-hydroxylation sites is 1. The van der Waals surface area contributed by atoms with Crippen molar-refractivity contribution < 1.29 is 29.0 Å². The summed E-state index contributed by atoms with van der Waals surface area (Å²) in [4.78, 5) is 54.1. The van der Waals surface area contributed by atoms with Gasteiger partial charge in [0.05, 0.1) is 26.1 Å². The van der Waals surface area contributed by atoms with E-state index in [9.17, 15) is 24.3 Å². The Morgan fingerprint density at radius 1 is 0.955 bits per heavy atom. The number of carbonyl (C=O) groups is 4. The van der Waals surface area contributed by atoms with Crippen LogP contribution < -0.4 is 10.6 Å². The summed E-state index contributed by atoms with van der Waals surface area (Å²) >= 11 is 0. The summed E-state index contributed by atoms with van der Waals surface area (Å²) in [6.07, 6.45) is 1.11. The van der Waals surface area contributed by atoms with Gasteiger partial charge >= 0.3 is 12.0 Å². The van der Waals surface area contributed by atoms with E-state index >= 15 is 0 Å². The highest BCUT2D eigenvalue weighted by Crippen LogP contribution is 2.23. The van der Waals surface area contributed by atoms with Crippen LogP contribution in [-0.4, -0.2) is 70.5 Å². The van der Waals surface area contributed by atoms with Crippen molar-refractivity contribution in [2.75, 3.05) is 30.3 Å². The third-order valence-electron chi connectivity index (χ3n) is 7.69. The summed E-state index contributed by atoms with van der Waals surface area (Å²) in [5.41, 5.74) is 4.01. The molecule has 0 aliphatic carbocycles. The number of aryl methyl sites for hydroxylation is 1. The molecule has 0 aromatic heterocycles. The zero-order chi connectivity index (χ0) is 31.5. The Hall–Kier alpha value is -4.70. The molecule has 4 amide bonds. The van der Waals surface area contributed by atoms with E-state index in [4.69, 9.17) is 4.74 Å². The number of benzene rings is 3. The number of carboxylic acids is 1. The van der Waals surface area contributed by atoms with E-state index in [0.717, 1.165) is 22.4 Å². The number of hydrogen-bond acceptors (Lipinski definition) is 5. The Bertz CT molecular complexity index is 1430. The molecule has 1 aliphatic rings. The number of likely N-dealkylation sites (tertiary alicyclic amines) is 1. The van der Waals surface area contributed by atoms with Gasteiger partial charge in [0, 0.05) is 30.5 Å². The minimum absolute atomic E-state index is 0.102. The average Bonchev–Trinajstić information content (AvgIpc) is 3.50. The predicted octanol–water partition coefficient (Wildman–Crippen LogP) is 5.08. The minimum Gasteiger partial charge on any atom is -0.481 e. The second kappa shape index (κ2) is 15.7. The molecule has 0 bridgehead atoms. The van der Waals surface area contributed by atoms with Crippen molar-refractivity contribution >= 4 is 35.2 Å². The number of anilines is 2. The van der Waals surface area contributed by atoms with Crippen LogP contribution in [0.4, 0.5) is 16.2 Å². The lowest BCUT2D eigenvalue weighted by molar-refractivity contribution is -0.147. The van der Waals surface area contributed by atoms with Crippen LogP contribution in [0.1, 0.15) is 42.9 Å². The molecule has 0 spiro atoms. The highest BCUT2D eigenvalue weighted by atomic mass is 16.5. The van der Waals surface area contributed by atoms with Gasteiger partial charge in [-0.05, 0) is 61.6 Å². The van der Waals surface area contributed by atoms with E-state index in [0.29, 0.717) is 31.7 Å². The maximum atomic E-state index is 13.7. The first kappa shape index (κ1) is 32.2. The number of aliphatic carboxylic acids is 1. The molecule has 232 valence electrons. The second-order valence-corrected chi connectivity index (χ2v) is 11.0.